The van der Waals surface area contributed by atoms with Crippen LogP contribution in [-0.2, 0) is 11.2 Å². The number of nitrogens with zero attached hydrogens (tertiary/aromatic N) is 2. The Morgan fingerprint density at radius 2 is 1.70 bits per heavy atom. The molecule has 1 aromatic heterocycles. The van der Waals surface area contributed by atoms with Crippen molar-refractivity contribution < 1.29 is 13.9 Å². The van der Waals surface area contributed by atoms with E-state index < -0.39 is 0 Å². The molecule has 5 heteroatoms. The highest BCUT2D eigenvalue weighted by molar-refractivity contribution is 5.82. The molecule has 0 radical (unpaired) electrons. The summed E-state index contributed by atoms with van der Waals surface area (Å²) in [5, 5.41) is 7.91. The van der Waals surface area contributed by atoms with Crippen LogP contribution in [0.2, 0.25) is 0 Å². The molecule has 0 saturated heterocycles. The van der Waals surface area contributed by atoms with Crippen LogP contribution in [0.15, 0.2) is 59.0 Å². The Morgan fingerprint density at radius 1 is 1.00 bits per heavy atom. The standard InChI is InChI=1S/C22H24N2O3/c1-15(2)17-11-9-16(10-12-17)13-19(25)14-20(18-7-5-4-6-8-18)21-23-24-22(26-3)27-21/h4-12,15,20H,13-14H2,1-3H3/t20-/m0/s1. The molecular weight excluding hydrogens is 340 g/mol. The quantitative estimate of drug-likeness (QED) is 0.587. The summed E-state index contributed by atoms with van der Waals surface area (Å²) < 4.78 is 10.5. The highest BCUT2D eigenvalue weighted by Crippen LogP contribution is 2.29. The van der Waals surface area contributed by atoms with Gasteiger partial charge in [0.2, 0.25) is 5.89 Å². The maximum atomic E-state index is 12.7. The molecule has 0 bridgehead atoms. The summed E-state index contributed by atoms with van der Waals surface area (Å²) in [4.78, 5) is 12.7. The van der Waals surface area contributed by atoms with Crippen molar-refractivity contribution in [1.82, 2.24) is 10.2 Å². The fourth-order valence-electron chi connectivity index (χ4n) is 3.02. The molecule has 0 unspecified atom stereocenters. The third kappa shape index (κ3) is 4.82. The molecule has 0 N–H and O–H groups in total. The van der Waals surface area contributed by atoms with Gasteiger partial charge in [-0.15, -0.1) is 5.10 Å². The lowest BCUT2D eigenvalue weighted by atomic mass is 9.91. The number of carbonyl (C=O) groups is 1. The van der Waals surface area contributed by atoms with Gasteiger partial charge in [-0.1, -0.05) is 73.5 Å². The molecule has 0 fully saturated rings. The van der Waals surface area contributed by atoms with Crippen LogP contribution in [0.5, 0.6) is 6.08 Å². The minimum absolute atomic E-state index is 0.0997. The van der Waals surface area contributed by atoms with Gasteiger partial charge in [0.05, 0.1) is 13.0 Å². The van der Waals surface area contributed by atoms with E-state index >= 15 is 0 Å². The molecule has 140 valence electrons. The number of aromatic nitrogens is 2. The molecule has 0 aliphatic rings. The number of benzene rings is 2. The van der Waals surface area contributed by atoms with Crippen LogP contribution < -0.4 is 4.74 Å². The first kappa shape index (κ1) is 18.8. The SMILES string of the molecule is COc1nnc([C@@H](CC(=O)Cc2ccc(C(C)C)cc2)c2ccccc2)o1. The summed E-state index contributed by atoms with van der Waals surface area (Å²) in [7, 11) is 1.47. The lowest BCUT2D eigenvalue weighted by Gasteiger charge is -2.13. The van der Waals surface area contributed by atoms with Gasteiger partial charge in [-0.25, -0.2) is 0 Å². The average Bonchev–Trinajstić information content (AvgIpc) is 3.16. The Morgan fingerprint density at radius 3 is 2.30 bits per heavy atom. The molecule has 1 heterocycles. The van der Waals surface area contributed by atoms with Crippen LogP contribution in [0, 0.1) is 0 Å². The van der Waals surface area contributed by atoms with Gasteiger partial charge in [0.25, 0.3) is 0 Å². The van der Waals surface area contributed by atoms with E-state index in [2.05, 4.69) is 36.2 Å². The fraction of sp³-hybridized carbons (Fsp3) is 0.318. The van der Waals surface area contributed by atoms with Gasteiger partial charge in [0.15, 0.2) is 0 Å². The monoisotopic (exact) mass is 364 g/mol. The van der Waals surface area contributed by atoms with E-state index in [1.165, 1.54) is 12.7 Å². The largest absolute Gasteiger partial charge is 0.452 e. The van der Waals surface area contributed by atoms with Crippen molar-refractivity contribution in [3.63, 3.8) is 0 Å². The van der Waals surface area contributed by atoms with E-state index in [1.807, 2.05) is 42.5 Å². The second-order valence-corrected chi connectivity index (χ2v) is 6.89. The lowest BCUT2D eigenvalue weighted by molar-refractivity contribution is -0.118. The molecular formula is C22H24N2O3. The number of hydrogen-bond donors (Lipinski definition) is 0. The summed E-state index contributed by atoms with van der Waals surface area (Å²) in [6.45, 7) is 4.31. The van der Waals surface area contributed by atoms with Crippen LogP contribution in [0.1, 0.15) is 54.7 Å². The van der Waals surface area contributed by atoms with E-state index in [0.717, 1.165) is 11.1 Å². The van der Waals surface area contributed by atoms with Gasteiger partial charge in [0, 0.05) is 12.8 Å². The lowest BCUT2D eigenvalue weighted by Crippen LogP contribution is -2.11. The first-order valence-electron chi connectivity index (χ1n) is 9.09. The van der Waals surface area contributed by atoms with E-state index in [9.17, 15) is 4.79 Å². The summed E-state index contributed by atoms with van der Waals surface area (Å²) in [5.41, 5.74) is 3.25. The first-order chi connectivity index (χ1) is 13.1. The molecule has 0 amide bonds. The molecule has 0 aliphatic heterocycles. The molecule has 2 aromatic carbocycles. The molecule has 27 heavy (non-hydrogen) atoms. The van der Waals surface area contributed by atoms with E-state index in [-0.39, 0.29) is 17.8 Å². The van der Waals surface area contributed by atoms with E-state index in [4.69, 9.17) is 9.15 Å². The van der Waals surface area contributed by atoms with Crippen molar-refractivity contribution >= 4 is 5.78 Å². The molecule has 5 nitrogen and oxygen atoms in total. The van der Waals surface area contributed by atoms with Crippen molar-refractivity contribution in [3.8, 4) is 6.08 Å². The average molecular weight is 364 g/mol. The van der Waals surface area contributed by atoms with E-state index in [1.54, 1.807) is 0 Å². The van der Waals surface area contributed by atoms with Crippen molar-refractivity contribution in [1.29, 1.82) is 0 Å². The second kappa shape index (κ2) is 8.62. The number of carbonyl (C=O) groups excluding carboxylic acids is 1. The summed E-state index contributed by atoms with van der Waals surface area (Å²) in [6, 6.07) is 18.0. The summed E-state index contributed by atoms with van der Waals surface area (Å²) in [6.07, 6.45) is 0.775. The zero-order valence-corrected chi connectivity index (χ0v) is 15.9. The van der Waals surface area contributed by atoms with Crippen molar-refractivity contribution in [3.05, 3.63) is 77.2 Å². The summed E-state index contributed by atoms with van der Waals surface area (Å²) >= 11 is 0. The number of rotatable bonds is 8. The second-order valence-electron chi connectivity index (χ2n) is 6.89. The Kier molecular flexibility index (Phi) is 6.01. The maximum Gasteiger partial charge on any atom is 0.414 e. The van der Waals surface area contributed by atoms with Crippen molar-refractivity contribution in [2.45, 2.75) is 38.5 Å². The molecule has 0 spiro atoms. The van der Waals surface area contributed by atoms with Gasteiger partial charge in [0.1, 0.15) is 5.78 Å². The van der Waals surface area contributed by atoms with Gasteiger partial charge in [-0.05, 0) is 22.6 Å². The predicted molar refractivity (Wildman–Crippen MR) is 103 cm³/mol. The Hall–Kier alpha value is -2.95. The topological polar surface area (TPSA) is 65.2 Å². The third-order valence-corrected chi connectivity index (χ3v) is 4.58. The normalized spacial score (nSPS) is 12.1. The Labute approximate surface area is 159 Å². The number of hydrogen-bond acceptors (Lipinski definition) is 5. The van der Waals surface area contributed by atoms with Gasteiger partial charge >= 0.3 is 6.08 Å². The zero-order chi connectivity index (χ0) is 19.2. The van der Waals surface area contributed by atoms with Crippen molar-refractivity contribution in [2.75, 3.05) is 7.11 Å². The number of ether oxygens (including phenoxy) is 1. The highest BCUT2D eigenvalue weighted by Gasteiger charge is 2.24. The fourth-order valence-corrected chi connectivity index (χ4v) is 3.02. The Bertz CT molecular complexity index is 870. The number of methoxy groups -OCH3 is 1. The molecule has 1 atom stereocenters. The van der Waals surface area contributed by atoms with Crippen LogP contribution in [0.4, 0.5) is 0 Å². The molecule has 0 saturated carbocycles. The van der Waals surface area contributed by atoms with Gasteiger partial charge < -0.3 is 9.15 Å². The van der Waals surface area contributed by atoms with Crippen LogP contribution in [-0.4, -0.2) is 23.1 Å². The molecule has 3 aromatic rings. The van der Waals surface area contributed by atoms with Gasteiger partial charge in [-0.3, -0.25) is 4.79 Å². The first-order valence-corrected chi connectivity index (χ1v) is 9.09. The van der Waals surface area contributed by atoms with Crippen LogP contribution in [0.25, 0.3) is 0 Å². The molecule has 0 aliphatic carbocycles. The zero-order valence-electron chi connectivity index (χ0n) is 15.9. The minimum Gasteiger partial charge on any atom is -0.452 e. The van der Waals surface area contributed by atoms with E-state index in [0.29, 0.717) is 24.7 Å². The predicted octanol–water partition coefficient (Wildman–Crippen LogP) is 4.54. The summed E-state index contributed by atoms with van der Waals surface area (Å²) in [5.74, 6) is 0.703. The van der Waals surface area contributed by atoms with Gasteiger partial charge in [-0.2, -0.15) is 0 Å². The third-order valence-electron chi connectivity index (χ3n) is 4.58. The minimum atomic E-state index is -0.287. The number of ketones is 1. The maximum absolute atomic E-state index is 12.7. The highest BCUT2D eigenvalue weighted by atomic mass is 16.6. The number of Topliss-reactive ketones (excluding diaryl/α,β-unsaturated/α-hetero) is 1. The van der Waals surface area contributed by atoms with Crippen molar-refractivity contribution in [2.24, 2.45) is 0 Å². The molecule has 3 rings (SSSR count). The smallest absolute Gasteiger partial charge is 0.414 e. The Balaban J connectivity index is 1.76. The van der Waals surface area contributed by atoms with Crippen LogP contribution in [0.3, 0.4) is 0 Å². The van der Waals surface area contributed by atoms with Crippen LogP contribution >= 0.6 is 0 Å².